The molecule has 3 N–H and O–H groups in total. The second-order valence-corrected chi connectivity index (χ2v) is 9.69. The Morgan fingerprint density at radius 1 is 1.03 bits per heavy atom. The molecule has 2 aromatic carbocycles. The molecule has 0 unspecified atom stereocenters. The molecule has 0 saturated carbocycles. The van der Waals surface area contributed by atoms with E-state index in [2.05, 4.69) is 15.8 Å². The van der Waals surface area contributed by atoms with Gasteiger partial charge >= 0.3 is 5.97 Å². The molecule has 9 nitrogen and oxygen atoms in total. The van der Waals surface area contributed by atoms with Gasteiger partial charge in [0.25, 0.3) is 11.8 Å². The van der Waals surface area contributed by atoms with Gasteiger partial charge < -0.3 is 19.6 Å². The van der Waals surface area contributed by atoms with E-state index >= 15 is 0 Å². The van der Waals surface area contributed by atoms with E-state index in [-0.39, 0.29) is 16.5 Å². The second kappa shape index (κ2) is 13.1. The third kappa shape index (κ3) is 8.09. The molecule has 0 aliphatic carbocycles. The zero-order valence-corrected chi connectivity index (χ0v) is 22.4. The SMILES string of the molecule is CC(C)C[C@H](NC(=O)[C@@H](C)Oc1ccc(Cl)cc1Cl)C(=O)N/N=C\c1ccc(-c2ccc(C(=O)O)cc2)o1. The third-order valence-electron chi connectivity index (χ3n) is 5.32. The highest BCUT2D eigenvalue weighted by molar-refractivity contribution is 6.35. The summed E-state index contributed by atoms with van der Waals surface area (Å²) in [5, 5.41) is 16.4. The number of carboxylic acids is 1. The first-order chi connectivity index (χ1) is 18.0. The molecule has 200 valence electrons. The molecule has 0 saturated heterocycles. The van der Waals surface area contributed by atoms with Gasteiger partial charge in [0.2, 0.25) is 0 Å². The number of aromatic carboxylic acids is 1. The van der Waals surface area contributed by atoms with E-state index in [4.69, 9.17) is 37.5 Å². The number of carbonyl (C=O) groups is 3. The van der Waals surface area contributed by atoms with Gasteiger partial charge in [0.1, 0.15) is 23.3 Å². The van der Waals surface area contributed by atoms with Crippen LogP contribution in [0.25, 0.3) is 11.3 Å². The molecule has 0 aliphatic heterocycles. The number of rotatable bonds is 11. The lowest BCUT2D eigenvalue weighted by atomic mass is 10.0. The molecule has 2 atom stereocenters. The molecule has 11 heteroatoms. The highest BCUT2D eigenvalue weighted by Crippen LogP contribution is 2.28. The molecule has 38 heavy (non-hydrogen) atoms. The summed E-state index contributed by atoms with van der Waals surface area (Å²) in [7, 11) is 0. The van der Waals surface area contributed by atoms with E-state index in [1.807, 2.05) is 13.8 Å². The van der Waals surface area contributed by atoms with Crippen LogP contribution in [-0.4, -0.2) is 41.3 Å². The van der Waals surface area contributed by atoms with Crippen LogP contribution in [0.5, 0.6) is 5.75 Å². The van der Waals surface area contributed by atoms with Crippen LogP contribution < -0.4 is 15.5 Å². The largest absolute Gasteiger partial charge is 0.479 e. The summed E-state index contributed by atoms with van der Waals surface area (Å²) < 4.78 is 11.3. The van der Waals surface area contributed by atoms with Crippen molar-refractivity contribution in [3.63, 3.8) is 0 Å². The lowest BCUT2D eigenvalue weighted by Gasteiger charge is -2.22. The highest BCUT2D eigenvalue weighted by Gasteiger charge is 2.25. The fourth-order valence-corrected chi connectivity index (χ4v) is 3.85. The van der Waals surface area contributed by atoms with Crippen LogP contribution >= 0.6 is 23.2 Å². The van der Waals surface area contributed by atoms with Gasteiger partial charge in [-0.15, -0.1) is 0 Å². The van der Waals surface area contributed by atoms with Gasteiger partial charge in [0.15, 0.2) is 6.10 Å². The Balaban J connectivity index is 1.60. The van der Waals surface area contributed by atoms with Crippen molar-refractivity contribution in [2.45, 2.75) is 39.3 Å². The first kappa shape index (κ1) is 28.7. The summed E-state index contributed by atoms with van der Waals surface area (Å²) in [6, 6.07) is 13.4. The maximum absolute atomic E-state index is 12.8. The zero-order valence-electron chi connectivity index (χ0n) is 20.9. The predicted octanol–water partition coefficient (Wildman–Crippen LogP) is 5.40. The molecule has 1 aromatic heterocycles. The van der Waals surface area contributed by atoms with Crippen LogP contribution in [0.15, 0.2) is 64.1 Å². The standard InChI is InChI=1S/C27H27Cl2N3O6/c1-15(2)12-22(31-25(33)16(3)37-24-10-8-19(28)13-21(24)29)26(34)32-30-14-20-9-11-23(38-20)17-4-6-18(7-5-17)27(35)36/h4-11,13-16,22H,12H2,1-3H3,(H,31,33)(H,32,34)(H,35,36)/b30-14-/t16-,22+/m1/s1. The number of nitrogens with one attached hydrogen (secondary N) is 2. The van der Waals surface area contributed by atoms with Crippen LogP contribution in [0.1, 0.15) is 43.3 Å². The van der Waals surface area contributed by atoms with Crippen molar-refractivity contribution in [3.05, 3.63) is 76.0 Å². The Morgan fingerprint density at radius 2 is 1.74 bits per heavy atom. The second-order valence-electron chi connectivity index (χ2n) is 8.84. The van der Waals surface area contributed by atoms with Crippen molar-refractivity contribution >= 4 is 47.2 Å². The molecule has 2 amide bonds. The first-order valence-electron chi connectivity index (χ1n) is 11.7. The fraction of sp³-hybridized carbons (Fsp3) is 0.259. The molecular formula is C27H27Cl2N3O6. The van der Waals surface area contributed by atoms with Crippen molar-refractivity contribution < 1.29 is 28.6 Å². The number of ether oxygens (including phenoxy) is 1. The molecule has 0 bridgehead atoms. The molecule has 1 heterocycles. The summed E-state index contributed by atoms with van der Waals surface area (Å²) in [5.41, 5.74) is 3.29. The van der Waals surface area contributed by atoms with E-state index in [0.717, 1.165) is 0 Å². The molecule has 0 aliphatic rings. The van der Waals surface area contributed by atoms with Crippen LogP contribution in [0.3, 0.4) is 0 Å². The average molecular weight is 560 g/mol. The van der Waals surface area contributed by atoms with Crippen LogP contribution in [0, 0.1) is 5.92 Å². The maximum Gasteiger partial charge on any atom is 0.335 e. The molecule has 0 radical (unpaired) electrons. The minimum Gasteiger partial charge on any atom is -0.479 e. The Bertz CT molecular complexity index is 1320. The van der Waals surface area contributed by atoms with Crippen molar-refractivity contribution in [2.24, 2.45) is 11.0 Å². The number of halogens is 2. The molecule has 3 rings (SSSR count). The summed E-state index contributed by atoms with van der Waals surface area (Å²) in [6.07, 6.45) is 0.777. The first-order valence-corrected chi connectivity index (χ1v) is 12.5. The summed E-state index contributed by atoms with van der Waals surface area (Å²) in [4.78, 5) is 36.5. The molecular weight excluding hydrogens is 533 g/mol. The summed E-state index contributed by atoms with van der Waals surface area (Å²) >= 11 is 12.0. The molecule has 3 aromatic rings. The maximum atomic E-state index is 12.8. The van der Waals surface area contributed by atoms with Crippen LogP contribution in [0.4, 0.5) is 0 Å². The van der Waals surface area contributed by atoms with Crippen molar-refractivity contribution in [2.75, 3.05) is 0 Å². The predicted molar refractivity (Wildman–Crippen MR) is 145 cm³/mol. The number of carbonyl (C=O) groups excluding carboxylic acids is 2. The topological polar surface area (TPSA) is 130 Å². The third-order valence-corrected chi connectivity index (χ3v) is 5.85. The Labute approximate surface area is 229 Å². The number of hydrogen-bond acceptors (Lipinski definition) is 6. The normalized spacial score (nSPS) is 12.8. The lowest BCUT2D eigenvalue weighted by molar-refractivity contribution is -0.132. The quantitative estimate of drug-likeness (QED) is 0.213. The van der Waals surface area contributed by atoms with Gasteiger partial charge in [0, 0.05) is 10.6 Å². The minimum atomic E-state index is -1.01. The number of hydrazone groups is 1. The van der Waals surface area contributed by atoms with E-state index in [1.165, 1.54) is 24.4 Å². The van der Waals surface area contributed by atoms with Gasteiger partial charge in [-0.1, -0.05) is 49.2 Å². The van der Waals surface area contributed by atoms with Gasteiger partial charge in [-0.25, -0.2) is 10.2 Å². The van der Waals surface area contributed by atoms with Gasteiger partial charge in [-0.2, -0.15) is 5.10 Å². The smallest absolute Gasteiger partial charge is 0.335 e. The van der Waals surface area contributed by atoms with E-state index in [9.17, 15) is 14.4 Å². The number of carboxylic acid groups (broad SMARTS) is 1. The summed E-state index contributed by atoms with van der Waals surface area (Å²) in [6.45, 7) is 5.40. The molecule has 0 spiro atoms. The lowest BCUT2D eigenvalue weighted by Crippen LogP contribution is -2.49. The van der Waals surface area contributed by atoms with E-state index in [0.29, 0.717) is 34.3 Å². The van der Waals surface area contributed by atoms with Crippen molar-refractivity contribution in [1.29, 1.82) is 0 Å². The van der Waals surface area contributed by atoms with Gasteiger partial charge in [0.05, 0.1) is 16.8 Å². The number of amides is 2. The fourth-order valence-electron chi connectivity index (χ4n) is 3.40. The van der Waals surface area contributed by atoms with Crippen LogP contribution in [-0.2, 0) is 9.59 Å². The van der Waals surface area contributed by atoms with Crippen LogP contribution in [0.2, 0.25) is 10.0 Å². The van der Waals surface area contributed by atoms with Crippen molar-refractivity contribution in [1.82, 2.24) is 10.7 Å². The van der Waals surface area contributed by atoms with E-state index in [1.54, 1.807) is 43.3 Å². The highest BCUT2D eigenvalue weighted by atomic mass is 35.5. The Hall–Kier alpha value is -3.82. The number of nitrogens with zero attached hydrogens (tertiary/aromatic N) is 1. The Morgan fingerprint density at radius 3 is 2.37 bits per heavy atom. The Kier molecular flexibility index (Phi) is 9.92. The monoisotopic (exact) mass is 559 g/mol. The molecule has 0 fully saturated rings. The van der Waals surface area contributed by atoms with E-state index < -0.39 is 29.9 Å². The van der Waals surface area contributed by atoms with Gasteiger partial charge in [-0.3, -0.25) is 9.59 Å². The number of furan rings is 1. The van der Waals surface area contributed by atoms with Gasteiger partial charge in [-0.05, 0) is 61.7 Å². The number of hydrogen-bond donors (Lipinski definition) is 3. The summed E-state index contributed by atoms with van der Waals surface area (Å²) in [5.74, 6) is -0.731. The number of benzene rings is 2. The average Bonchev–Trinajstić information content (AvgIpc) is 3.33. The van der Waals surface area contributed by atoms with Crippen molar-refractivity contribution in [3.8, 4) is 17.1 Å². The zero-order chi connectivity index (χ0) is 27.8. The minimum absolute atomic E-state index is 0.108.